The molecule has 0 radical (unpaired) electrons. The van der Waals surface area contributed by atoms with Crippen LogP contribution >= 0.6 is 0 Å². The van der Waals surface area contributed by atoms with E-state index in [-0.39, 0.29) is 0 Å². The van der Waals surface area contributed by atoms with E-state index in [0.29, 0.717) is 0 Å². The molecule has 0 amide bonds. The third-order valence-corrected chi connectivity index (χ3v) is 5.67. The van der Waals surface area contributed by atoms with Gasteiger partial charge in [-0.3, -0.25) is 0 Å². The number of para-hydroxylation sites is 1. The SMILES string of the molecule is C[Se]CCCN1c2ccccc2CCc2ccc(C)cc21. The molecule has 1 aliphatic heterocycles. The molecular weight excluding hydrogens is 321 g/mol. The van der Waals surface area contributed by atoms with E-state index in [1.165, 1.54) is 39.8 Å². The first-order valence-corrected chi connectivity index (χ1v) is 10.7. The van der Waals surface area contributed by atoms with Crippen molar-refractivity contribution >= 4 is 26.3 Å². The Hall–Kier alpha value is -1.24. The van der Waals surface area contributed by atoms with E-state index in [1.807, 2.05) is 0 Å². The van der Waals surface area contributed by atoms with Gasteiger partial charge in [-0.25, -0.2) is 0 Å². The molecule has 0 spiro atoms. The molecule has 2 aromatic rings. The predicted octanol–water partition coefficient (Wildman–Crippen LogP) is 4.79. The average molecular weight is 344 g/mol. The second-order valence-corrected chi connectivity index (χ2v) is 7.83. The number of hydrogen-bond donors (Lipinski definition) is 0. The van der Waals surface area contributed by atoms with E-state index >= 15 is 0 Å². The van der Waals surface area contributed by atoms with Crippen molar-refractivity contribution in [3.05, 3.63) is 59.2 Å². The van der Waals surface area contributed by atoms with Gasteiger partial charge in [0.2, 0.25) is 0 Å². The van der Waals surface area contributed by atoms with Crippen LogP contribution in [0.1, 0.15) is 23.1 Å². The van der Waals surface area contributed by atoms with Crippen LogP contribution < -0.4 is 4.90 Å². The second kappa shape index (κ2) is 6.68. The fourth-order valence-electron chi connectivity index (χ4n) is 3.13. The number of anilines is 2. The summed E-state index contributed by atoms with van der Waals surface area (Å²) in [5, 5.41) is 1.37. The van der Waals surface area contributed by atoms with Crippen molar-refractivity contribution in [1.82, 2.24) is 0 Å². The van der Waals surface area contributed by atoms with Crippen molar-refractivity contribution in [1.29, 1.82) is 0 Å². The Morgan fingerprint density at radius 3 is 2.57 bits per heavy atom. The maximum absolute atomic E-state index is 2.57. The fraction of sp³-hybridized carbons (Fsp3) is 0.368. The summed E-state index contributed by atoms with van der Waals surface area (Å²) in [6, 6.07) is 15.9. The van der Waals surface area contributed by atoms with Crippen molar-refractivity contribution in [2.75, 3.05) is 11.4 Å². The first-order chi connectivity index (χ1) is 10.3. The van der Waals surface area contributed by atoms with Crippen molar-refractivity contribution in [2.45, 2.75) is 37.3 Å². The van der Waals surface area contributed by atoms with Crippen LogP contribution in [0.4, 0.5) is 11.4 Å². The molecule has 0 aromatic heterocycles. The summed E-state index contributed by atoms with van der Waals surface area (Å²) in [6.07, 6.45) is 3.60. The van der Waals surface area contributed by atoms with Gasteiger partial charge in [-0.1, -0.05) is 0 Å². The van der Waals surface area contributed by atoms with Gasteiger partial charge in [0.05, 0.1) is 0 Å². The molecule has 1 aliphatic rings. The molecule has 3 rings (SSSR count). The van der Waals surface area contributed by atoms with E-state index in [4.69, 9.17) is 0 Å². The summed E-state index contributed by atoms with van der Waals surface area (Å²) in [5.74, 6) is 2.33. The van der Waals surface area contributed by atoms with Gasteiger partial charge < -0.3 is 0 Å². The molecular formula is C19H23NSe. The molecule has 0 fully saturated rings. The summed E-state index contributed by atoms with van der Waals surface area (Å²) in [6.45, 7) is 3.34. The van der Waals surface area contributed by atoms with Crippen LogP contribution in [0.15, 0.2) is 42.5 Å². The molecule has 110 valence electrons. The van der Waals surface area contributed by atoms with Gasteiger partial charge in [-0.05, 0) is 0 Å². The summed E-state index contributed by atoms with van der Waals surface area (Å²) in [7, 11) is 0. The molecule has 0 aliphatic carbocycles. The van der Waals surface area contributed by atoms with Gasteiger partial charge >= 0.3 is 134 Å². The molecule has 0 unspecified atom stereocenters. The summed E-state index contributed by atoms with van der Waals surface area (Å²) >= 11 is 0.779. The second-order valence-electron chi connectivity index (χ2n) is 5.76. The molecule has 0 atom stereocenters. The Balaban J connectivity index is 2.03. The number of benzene rings is 2. The minimum atomic E-state index is 0.779. The number of aryl methyl sites for hydroxylation is 3. The number of hydrogen-bond acceptors (Lipinski definition) is 1. The van der Waals surface area contributed by atoms with Crippen LogP contribution in [0.3, 0.4) is 0 Å². The Labute approximate surface area is 134 Å². The van der Waals surface area contributed by atoms with Crippen LogP contribution in [0.5, 0.6) is 0 Å². The van der Waals surface area contributed by atoms with Crippen molar-refractivity contribution < 1.29 is 0 Å². The number of rotatable bonds is 4. The molecule has 21 heavy (non-hydrogen) atoms. The van der Waals surface area contributed by atoms with E-state index in [9.17, 15) is 0 Å². The molecule has 2 aromatic carbocycles. The number of nitrogens with zero attached hydrogens (tertiary/aromatic N) is 1. The van der Waals surface area contributed by atoms with Crippen LogP contribution in [-0.4, -0.2) is 21.5 Å². The van der Waals surface area contributed by atoms with Crippen LogP contribution in [0.2, 0.25) is 11.1 Å². The van der Waals surface area contributed by atoms with Crippen molar-refractivity contribution in [3.63, 3.8) is 0 Å². The van der Waals surface area contributed by atoms with Gasteiger partial charge in [0.1, 0.15) is 0 Å². The van der Waals surface area contributed by atoms with Crippen molar-refractivity contribution in [3.8, 4) is 0 Å². The molecule has 0 saturated heterocycles. The zero-order chi connectivity index (χ0) is 14.7. The third-order valence-electron chi connectivity index (χ3n) is 4.21. The standard InChI is InChI=1S/C19H23NSe/c1-15-8-9-17-11-10-16-6-3-4-7-18(16)20(19(17)14-15)12-5-13-21-2/h3-4,6-9,14H,5,10-13H2,1-2H3. The normalized spacial score (nSPS) is 13.5. The van der Waals surface area contributed by atoms with Gasteiger partial charge in [0.25, 0.3) is 0 Å². The maximum atomic E-state index is 2.57. The van der Waals surface area contributed by atoms with Gasteiger partial charge in [-0.15, -0.1) is 0 Å². The Morgan fingerprint density at radius 1 is 1.00 bits per heavy atom. The van der Waals surface area contributed by atoms with E-state index in [0.717, 1.165) is 34.3 Å². The van der Waals surface area contributed by atoms with E-state index in [2.05, 4.69) is 60.1 Å². The molecule has 1 heterocycles. The monoisotopic (exact) mass is 345 g/mol. The molecule has 1 nitrogen and oxygen atoms in total. The Morgan fingerprint density at radius 2 is 1.76 bits per heavy atom. The van der Waals surface area contributed by atoms with Gasteiger partial charge in [0, 0.05) is 0 Å². The average Bonchev–Trinajstić information content (AvgIpc) is 2.65. The fourth-order valence-corrected chi connectivity index (χ4v) is 4.01. The predicted molar refractivity (Wildman–Crippen MR) is 93.1 cm³/mol. The topological polar surface area (TPSA) is 3.24 Å². The van der Waals surface area contributed by atoms with Crippen molar-refractivity contribution in [2.24, 2.45) is 0 Å². The van der Waals surface area contributed by atoms with Gasteiger partial charge in [0.15, 0.2) is 0 Å². The first kappa shape index (κ1) is 14.7. The van der Waals surface area contributed by atoms with Gasteiger partial charge in [-0.2, -0.15) is 0 Å². The first-order valence-electron chi connectivity index (χ1n) is 7.73. The summed E-state index contributed by atoms with van der Waals surface area (Å²) in [4.78, 5) is 2.57. The summed E-state index contributed by atoms with van der Waals surface area (Å²) in [5.41, 5.74) is 7.21. The zero-order valence-electron chi connectivity index (χ0n) is 12.9. The Kier molecular flexibility index (Phi) is 4.67. The van der Waals surface area contributed by atoms with E-state index in [1.54, 1.807) is 0 Å². The van der Waals surface area contributed by atoms with E-state index < -0.39 is 0 Å². The minimum absolute atomic E-state index is 0.779. The quantitative estimate of drug-likeness (QED) is 0.569. The zero-order valence-corrected chi connectivity index (χ0v) is 14.6. The molecule has 0 bridgehead atoms. The van der Waals surface area contributed by atoms with Crippen LogP contribution in [-0.2, 0) is 12.8 Å². The number of fused-ring (bicyclic) bond motifs is 2. The molecule has 2 heteroatoms. The van der Waals surface area contributed by atoms with Crippen LogP contribution in [0.25, 0.3) is 0 Å². The summed E-state index contributed by atoms with van der Waals surface area (Å²) < 4.78 is 0. The molecule has 0 N–H and O–H groups in total. The molecule has 0 saturated carbocycles. The Bertz CT molecular complexity index is 621. The third kappa shape index (κ3) is 3.17. The van der Waals surface area contributed by atoms with Crippen LogP contribution in [0, 0.1) is 6.92 Å².